The number of thiazole rings is 1. The van der Waals surface area contributed by atoms with Crippen molar-refractivity contribution in [2.45, 2.75) is 51.6 Å². The molecule has 2 aromatic heterocycles. The number of hydrogen-bond acceptors (Lipinski definition) is 6. The SMILES string of the molecule is CC(=O)CC1(Cc2cccc(Nc3nccs3)n2)CCC(Oc2cccc(Cl)c2F)CC1. The van der Waals surface area contributed by atoms with E-state index in [1.165, 1.54) is 17.4 Å². The highest BCUT2D eigenvalue weighted by Crippen LogP contribution is 2.43. The van der Waals surface area contributed by atoms with Crippen molar-refractivity contribution >= 4 is 39.7 Å². The molecule has 1 fully saturated rings. The molecule has 0 atom stereocenters. The van der Waals surface area contributed by atoms with Crippen LogP contribution in [0.1, 0.15) is 44.7 Å². The molecule has 1 aliphatic carbocycles. The quantitative estimate of drug-likeness (QED) is 0.399. The fourth-order valence-electron chi connectivity index (χ4n) is 4.45. The third kappa shape index (κ3) is 5.64. The molecule has 3 aromatic rings. The number of ketones is 1. The first kappa shape index (κ1) is 22.7. The van der Waals surface area contributed by atoms with Gasteiger partial charge in [-0.2, -0.15) is 0 Å². The molecule has 0 bridgehead atoms. The lowest BCUT2D eigenvalue weighted by Gasteiger charge is -2.39. The third-order valence-electron chi connectivity index (χ3n) is 5.86. The molecular weight excluding hydrogens is 449 g/mol. The average Bonchev–Trinajstić information content (AvgIpc) is 3.26. The van der Waals surface area contributed by atoms with Gasteiger partial charge in [0.2, 0.25) is 0 Å². The second-order valence-electron chi connectivity index (χ2n) is 8.40. The van der Waals surface area contributed by atoms with Gasteiger partial charge in [-0.3, -0.25) is 0 Å². The number of benzene rings is 1. The molecule has 1 saturated carbocycles. The summed E-state index contributed by atoms with van der Waals surface area (Å²) in [7, 11) is 0. The fourth-order valence-corrected chi connectivity index (χ4v) is 5.15. The van der Waals surface area contributed by atoms with E-state index in [0.29, 0.717) is 12.8 Å². The summed E-state index contributed by atoms with van der Waals surface area (Å²) in [6.45, 7) is 1.64. The number of halogens is 2. The van der Waals surface area contributed by atoms with Crippen molar-refractivity contribution in [1.29, 1.82) is 0 Å². The highest BCUT2D eigenvalue weighted by Gasteiger charge is 2.37. The molecule has 0 unspecified atom stereocenters. The largest absolute Gasteiger partial charge is 0.487 e. The number of Topliss-reactive ketones (excluding diaryl/α,β-unsaturated/α-hetero) is 1. The number of rotatable bonds is 8. The van der Waals surface area contributed by atoms with Crippen molar-refractivity contribution in [2.75, 3.05) is 5.32 Å². The van der Waals surface area contributed by atoms with E-state index in [9.17, 15) is 9.18 Å². The van der Waals surface area contributed by atoms with Gasteiger partial charge in [0.1, 0.15) is 11.6 Å². The maximum absolute atomic E-state index is 14.2. The lowest BCUT2D eigenvalue weighted by molar-refractivity contribution is -0.120. The standard InChI is InChI=1S/C24H25ClFN3O2S/c1-16(30)14-24(15-17-4-2-7-21(28-17)29-23-27-12-13-32-23)10-8-18(9-11-24)31-20-6-3-5-19(25)22(20)26/h2-7,12-13,18H,8-11,14-15H2,1H3,(H,27,28,29). The third-order valence-corrected chi connectivity index (χ3v) is 6.84. The van der Waals surface area contributed by atoms with Crippen molar-refractivity contribution in [3.63, 3.8) is 0 Å². The summed E-state index contributed by atoms with van der Waals surface area (Å²) in [6, 6.07) is 10.7. The van der Waals surface area contributed by atoms with Gasteiger partial charge in [0, 0.05) is 23.7 Å². The van der Waals surface area contributed by atoms with Crippen LogP contribution in [0.2, 0.25) is 5.02 Å². The van der Waals surface area contributed by atoms with Crippen LogP contribution in [0, 0.1) is 11.2 Å². The molecule has 168 valence electrons. The Hall–Kier alpha value is -2.51. The molecule has 1 aliphatic rings. The zero-order valence-corrected chi connectivity index (χ0v) is 19.4. The van der Waals surface area contributed by atoms with Crippen LogP contribution >= 0.6 is 22.9 Å². The first-order chi connectivity index (χ1) is 15.4. The lowest BCUT2D eigenvalue weighted by Crippen LogP contribution is -2.35. The molecule has 8 heteroatoms. The molecule has 2 heterocycles. The highest BCUT2D eigenvalue weighted by atomic mass is 35.5. The number of ether oxygens (including phenoxy) is 1. The zero-order chi connectivity index (χ0) is 22.6. The Morgan fingerprint density at radius 2 is 2.06 bits per heavy atom. The minimum atomic E-state index is -0.525. The smallest absolute Gasteiger partial charge is 0.188 e. The van der Waals surface area contributed by atoms with Gasteiger partial charge in [-0.25, -0.2) is 14.4 Å². The Balaban J connectivity index is 1.44. The monoisotopic (exact) mass is 473 g/mol. The Bertz CT molecular complexity index is 1070. The van der Waals surface area contributed by atoms with Gasteiger partial charge in [-0.15, -0.1) is 11.3 Å². The van der Waals surface area contributed by atoms with E-state index in [2.05, 4.69) is 10.3 Å². The van der Waals surface area contributed by atoms with Gasteiger partial charge in [0.05, 0.1) is 11.1 Å². The van der Waals surface area contributed by atoms with Crippen LogP contribution in [-0.2, 0) is 11.2 Å². The summed E-state index contributed by atoms with van der Waals surface area (Å²) < 4.78 is 20.1. The Morgan fingerprint density at radius 1 is 1.28 bits per heavy atom. The van der Waals surface area contributed by atoms with Crippen LogP contribution < -0.4 is 10.1 Å². The van der Waals surface area contributed by atoms with Crippen molar-refractivity contribution in [2.24, 2.45) is 5.41 Å². The fraction of sp³-hybridized carbons (Fsp3) is 0.375. The molecule has 1 N–H and O–H groups in total. The average molecular weight is 474 g/mol. The lowest BCUT2D eigenvalue weighted by atomic mass is 9.67. The van der Waals surface area contributed by atoms with E-state index < -0.39 is 5.82 Å². The Labute approximate surface area is 196 Å². The summed E-state index contributed by atoms with van der Waals surface area (Å²) >= 11 is 7.39. The van der Waals surface area contributed by atoms with Gasteiger partial charge in [-0.1, -0.05) is 23.7 Å². The minimum absolute atomic E-state index is 0.0570. The predicted octanol–water partition coefficient (Wildman–Crippen LogP) is 6.60. The van der Waals surface area contributed by atoms with Crippen molar-refractivity contribution in [3.8, 4) is 5.75 Å². The molecule has 0 amide bonds. The topological polar surface area (TPSA) is 64.1 Å². The summed E-state index contributed by atoms with van der Waals surface area (Å²) in [6.07, 6.45) is 5.96. The second-order valence-corrected chi connectivity index (χ2v) is 9.70. The molecule has 1 aromatic carbocycles. The molecule has 0 saturated heterocycles. The van der Waals surface area contributed by atoms with E-state index in [1.54, 1.807) is 25.3 Å². The Kier molecular flexibility index (Phi) is 7.06. The van der Waals surface area contributed by atoms with Crippen LogP contribution in [0.25, 0.3) is 0 Å². The highest BCUT2D eigenvalue weighted by molar-refractivity contribution is 7.13. The number of carbonyl (C=O) groups is 1. The predicted molar refractivity (Wildman–Crippen MR) is 125 cm³/mol. The van der Waals surface area contributed by atoms with Gasteiger partial charge in [0.25, 0.3) is 0 Å². The van der Waals surface area contributed by atoms with E-state index in [1.807, 2.05) is 23.6 Å². The zero-order valence-electron chi connectivity index (χ0n) is 17.8. The van der Waals surface area contributed by atoms with Crippen LogP contribution in [0.4, 0.5) is 15.3 Å². The molecule has 0 aliphatic heterocycles. The molecule has 32 heavy (non-hydrogen) atoms. The molecule has 4 rings (SSSR count). The van der Waals surface area contributed by atoms with Crippen LogP contribution in [-0.4, -0.2) is 21.9 Å². The van der Waals surface area contributed by atoms with E-state index in [0.717, 1.165) is 42.3 Å². The van der Waals surface area contributed by atoms with Gasteiger partial charge < -0.3 is 14.8 Å². The number of hydrogen-bond donors (Lipinski definition) is 1. The number of carbonyl (C=O) groups excluding carboxylic acids is 1. The number of aromatic nitrogens is 2. The van der Waals surface area contributed by atoms with Crippen molar-refractivity contribution in [3.05, 3.63) is 64.5 Å². The van der Waals surface area contributed by atoms with Gasteiger partial charge >= 0.3 is 0 Å². The second kappa shape index (κ2) is 9.96. The summed E-state index contributed by atoms with van der Waals surface area (Å²) in [4.78, 5) is 21.1. The van der Waals surface area contributed by atoms with Gasteiger partial charge in [0.15, 0.2) is 16.7 Å². The summed E-state index contributed by atoms with van der Waals surface area (Å²) in [5.74, 6) is 0.568. The number of pyridine rings is 1. The number of nitrogens with one attached hydrogen (secondary N) is 1. The maximum Gasteiger partial charge on any atom is 0.188 e. The van der Waals surface area contributed by atoms with Gasteiger partial charge in [-0.05, 0) is 68.7 Å². The summed E-state index contributed by atoms with van der Waals surface area (Å²) in [5.41, 5.74) is 0.763. The first-order valence-electron chi connectivity index (χ1n) is 10.6. The molecule has 5 nitrogen and oxygen atoms in total. The normalized spacial score (nSPS) is 20.7. The molecular formula is C24H25ClFN3O2S. The van der Waals surface area contributed by atoms with E-state index in [4.69, 9.17) is 21.3 Å². The number of nitrogens with zero attached hydrogens (tertiary/aromatic N) is 2. The van der Waals surface area contributed by atoms with Crippen LogP contribution in [0.3, 0.4) is 0 Å². The van der Waals surface area contributed by atoms with E-state index in [-0.39, 0.29) is 28.1 Å². The van der Waals surface area contributed by atoms with Crippen LogP contribution in [0.5, 0.6) is 5.75 Å². The first-order valence-corrected chi connectivity index (χ1v) is 11.9. The minimum Gasteiger partial charge on any atom is -0.487 e. The maximum atomic E-state index is 14.2. The molecule has 0 radical (unpaired) electrons. The Morgan fingerprint density at radius 3 is 2.78 bits per heavy atom. The summed E-state index contributed by atoms with van der Waals surface area (Å²) in [5, 5.41) is 5.98. The molecule has 0 spiro atoms. The van der Waals surface area contributed by atoms with Crippen molar-refractivity contribution < 1.29 is 13.9 Å². The van der Waals surface area contributed by atoms with E-state index >= 15 is 0 Å². The van der Waals surface area contributed by atoms with Crippen molar-refractivity contribution in [1.82, 2.24) is 9.97 Å². The van der Waals surface area contributed by atoms with Crippen LogP contribution in [0.15, 0.2) is 48.0 Å². The number of anilines is 2.